The third kappa shape index (κ3) is 6.13. The van der Waals surface area contributed by atoms with E-state index < -0.39 is 63.8 Å². The molecule has 4 atom stereocenters. The Labute approximate surface area is 274 Å². The van der Waals surface area contributed by atoms with Crippen LogP contribution in [0.15, 0.2) is 41.7 Å². The van der Waals surface area contributed by atoms with Crippen molar-refractivity contribution in [3.05, 3.63) is 47.8 Å². The van der Waals surface area contributed by atoms with Crippen LogP contribution in [0.3, 0.4) is 0 Å². The first kappa shape index (κ1) is 33.1. The molecule has 4 amide bonds. The van der Waals surface area contributed by atoms with Crippen molar-refractivity contribution in [2.75, 3.05) is 19.7 Å². The molecule has 0 aromatic heterocycles. The highest BCUT2D eigenvalue weighted by atomic mass is 35.6. The number of guanidine groups is 1. The van der Waals surface area contributed by atoms with Crippen molar-refractivity contribution < 1.29 is 34.1 Å². The second-order valence-corrected chi connectivity index (χ2v) is 14.9. The summed E-state index contributed by atoms with van der Waals surface area (Å²) in [5.74, 6) is -4.20. The highest BCUT2D eigenvalue weighted by Gasteiger charge is 2.74. The monoisotopic (exact) mass is 685 g/mol. The van der Waals surface area contributed by atoms with Crippen LogP contribution < -0.4 is 21.3 Å². The molecule has 1 unspecified atom stereocenters. The molecule has 4 aliphatic rings. The maximum atomic E-state index is 13.5. The Balaban J connectivity index is 1.50. The Morgan fingerprint density at radius 3 is 2.47 bits per heavy atom. The molecule has 0 bridgehead atoms. The summed E-state index contributed by atoms with van der Waals surface area (Å²) < 4.78 is 3.10. The van der Waals surface area contributed by atoms with Gasteiger partial charge < -0.3 is 35.8 Å². The van der Waals surface area contributed by atoms with Crippen LogP contribution in [0.25, 0.3) is 0 Å². The summed E-state index contributed by atoms with van der Waals surface area (Å²) in [6, 6.07) is 3.56. The molecule has 1 aromatic carbocycles. The third-order valence-electron chi connectivity index (χ3n) is 8.29. The van der Waals surface area contributed by atoms with E-state index in [0.29, 0.717) is 5.56 Å². The van der Waals surface area contributed by atoms with Gasteiger partial charge in [-0.05, 0) is 23.1 Å². The van der Waals surface area contributed by atoms with Gasteiger partial charge in [-0.15, -0.1) is 0 Å². The van der Waals surface area contributed by atoms with E-state index in [1.807, 2.05) is 26.8 Å². The zero-order valence-corrected chi connectivity index (χ0v) is 27.0. The van der Waals surface area contributed by atoms with E-state index in [2.05, 4.69) is 32.8 Å². The van der Waals surface area contributed by atoms with Crippen molar-refractivity contribution in [2.24, 2.45) is 4.99 Å². The van der Waals surface area contributed by atoms with Crippen LogP contribution >= 0.6 is 34.8 Å². The van der Waals surface area contributed by atoms with Crippen molar-refractivity contribution in [1.29, 1.82) is 0 Å². The predicted molar refractivity (Wildman–Crippen MR) is 164 cm³/mol. The lowest BCUT2D eigenvalue weighted by atomic mass is 9.84. The topological polar surface area (TPSA) is 185 Å². The van der Waals surface area contributed by atoms with Crippen molar-refractivity contribution in [1.82, 2.24) is 31.1 Å². The van der Waals surface area contributed by atoms with Crippen LogP contribution in [0.5, 0.6) is 0 Å². The fraction of sp³-hybridized carbons (Fsp3) is 0.536. The largest absolute Gasteiger partial charge is 0.445 e. The summed E-state index contributed by atoms with van der Waals surface area (Å²) >= 11 is 17.1. The minimum atomic E-state index is -2.75. The summed E-state index contributed by atoms with van der Waals surface area (Å²) in [6.07, 6.45) is -1.03. The molecular formula is C28H34Cl3N7O7. The van der Waals surface area contributed by atoms with Gasteiger partial charge in [0, 0.05) is 24.9 Å². The van der Waals surface area contributed by atoms with E-state index in [-0.39, 0.29) is 43.1 Å². The van der Waals surface area contributed by atoms with Gasteiger partial charge in [0.2, 0.25) is 27.4 Å². The van der Waals surface area contributed by atoms with Crippen LogP contribution in [0.2, 0.25) is 0 Å². The first-order valence-corrected chi connectivity index (χ1v) is 15.3. The SMILES string of the molecule is C=C1N[C@H]2[C@H](CN3C(=O)CCC3=O)N=C(NC(=O)OCC(Cl)(Cl)Cl)N3CC(NC(=O)c4cccc(C(C)(C)C)c4)C(O)(O)[C@]23N1. The van der Waals surface area contributed by atoms with Gasteiger partial charge in [-0.3, -0.25) is 24.6 Å². The molecule has 45 heavy (non-hydrogen) atoms. The number of amides is 4. The molecule has 5 rings (SSSR count). The number of alkyl halides is 3. The number of carbonyl (C=O) groups is 4. The number of benzene rings is 1. The van der Waals surface area contributed by atoms with Gasteiger partial charge in [-0.1, -0.05) is 74.3 Å². The number of aliphatic hydroxyl groups is 2. The smallest absolute Gasteiger partial charge is 0.414 e. The van der Waals surface area contributed by atoms with Crippen molar-refractivity contribution >= 4 is 64.6 Å². The van der Waals surface area contributed by atoms with Crippen LogP contribution in [0, 0.1) is 0 Å². The Kier molecular flexibility index (Phi) is 8.45. The number of ether oxygens (including phenoxy) is 1. The van der Waals surface area contributed by atoms with Crippen LogP contribution in [-0.2, 0) is 19.7 Å². The lowest BCUT2D eigenvalue weighted by molar-refractivity contribution is -0.231. The van der Waals surface area contributed by atoms with Crippen LogP contribution in [0.4, 0.5) is 4.79 Å². The molecule has 3 fully saturated rings. The number of imide groups is 1. The molecule has 6 N–H and O–H groups in total. The second-order valence-electron chi connectivity index (χ2n) is 12.4. The quantitative estimate of drug-likeness (QED) is 0.147. The minimum absolute atomic E-state index is 0.0263. The number of nitrogens with one attached hydrogen (secondary N) is 4. The van der Waals surface area contributed by atoms with E-state index in [4.69, 9.17) is 39.5 Å². The maximum Gasteiger partial charge on any atom is 0.414 e. The molecule has 0 aliphatic carbocycles. The Hall–Kier alpha value is -3.30. The Morgan fingerprint density at radius 2 is 1.84 bits per heavy atom. The van der Waals surface area contributed by atoms with Crippen molar-refractivity contribution in [3.8, 4) is 0 Å². The second kappa shape index (κ2) is 11.5. The fourth-order valence-corrected chi connectivity index (χ4v) is 6.25. The molecule has 244 valence electrons. The van der Waals surface area contributed by atoms with Gasteiger partial charge in [0.15, 0.2) is 5.66 Å². The molecule has 0 radical (unpaired) electrons. The van der Waals surface area contributed by atoms with E-state index in [1.54, 1.807) is 18.2 Å². The number of hydrogen-bond donors (Lipinski definition) is 6. The highest BCUT2D eigenvalue weighted by molar-refractivity contribution is 6.67. The number of halogens is 3. The van der Waals surface area contributed by atoms with E-state index in [0.717, 1.165) is 10.5 Å². The highest BCUT2D eigenvalue weighted by Crippen LogP contribution is 2.45. The first-order chi connectivity index (χ1) is 20.8. The van der Waals surface area contributed by atoms with Crippen molar-refractivity contribution in [2.45, 2.75) is 72.4 Å². The van der Waals surface area contributed by atoms with E-state index in [1.165, 1.54) is 4.90 Å². The lowest BCUT2D eigenvalue weighted by Gasteiger charge is -2.49. The Bertz CT molecular complexity index is 1460. The molecule has 4 heterocycles. The predicted octanol–water partition coefficient (Wildman–Crippen LogP) is 0.792. The number of rotatable bonds is 5. The van der Waals surface area contributed by atoms with Crippen LogP contribution in [-0.4, -0.2) is 103 Å². The summed E-state index contributed by atoms with van der Waals surface area (Å²) in [7, 11) is 0. The summed E-state index contributed by atoms with van der Waals surface area (Å²) in [5, 5.41) is 35.0. The van der Waals surface area contributed by atoms with Gasteiger partial charge in [0.05, 0.1) is 24.4 Å². The summed E-state index contributed by atoms with van der Waals surface area (Å²) in [4.78, 5) is 58.3. The van der Waals surface area contributed by atoms with Gasteiger partial charge in [-0.25, -0.2) is 9.79 Å². The lowest BCUT2D eigenvalue weighted by Crippen LogP contribution is -2.78. The average molecular weight is 687 g/mol. The molecule has 1 aromatic rings. The minimum Gasteiger partial charge on any atom is -0.445 e. The average Bonchev–Trinajstić information content (AvgIpc) is 3.53. The van der Waals surface area contributed by atoms with Gasteiger partial charge in [0.1, 0.15) is 12.6 Å². The molecule has 14 nitrogen and oxygen atoms in total. The number of likely N-dealkylation sites (tertiary alicyclic amines) is 1. The number of hydrogen-bond acceptors (Lipinski definition) is 11. The molecule has 1 spiro atoms. The number of alkyl carbamates (subject to hydrolysis) is 1. The zero-order chi connectivity index (χ0) is 33.1. The van der Waals surface area contributed by atoms with Gasteiger partial charge >= 0.3 is 6.09 Å². The van der Waals surface area contributed by atoms with Crippen LogP contribution in [0.1, 0.15) is 49.5 Å². The zero-order valence-electron chi connectivity index (χ0n) is 24.7. The van der Waals surface area contributed by atoms with Crippen molar-refractivity contribution in [3.63, 3.8) is 0 Å². The standard InChI is InChI=1S/C28H34Cl3N7O7/c1-14-32-21-17(11-37-19(39)8-9-20(37)40)33-23(35-24(42)45-13-26(29,30)31)38-12-18(28(43,44)27(21,38)36-14)34-22(41)15-6-5-7-16(10-15)25(2,3)4/h5-7,10,17-18,21,32,36,43-44H,1,8-9,11-13H2,2-4H3,(H,34,41)(H,33,35,42)/t17-,18?,21-,27-/m0/s1. The summed E-state index contributed by atoms with van der Waals surface area (Å²) in [5.41, 5.74) is -0.963. The van der Waals surface area contributed by atoms with Gasteiger partial charge in [-0.2, -0.15) is 0 Å². The molecule has 4 aliphatic heterocycles. The third-order valence-corrected chi connectivity index (χ3v) is 8.62. The molecular weight excluding hydrogens is 653 g/mol. The maximum absolute atomic E-state index is 13.5. The normalized spacial score (nSPS) is 27.3. The molecule has 3 saturated heterocycles. The fourth-order valence-electron chi connectivity index (χ4n) is 6.09. The summed E-state index contributed by atoms with van der Waals surface area (Å²) in [6.45, 7) is 8.77. The first-order valence-electron chi connectivity index (χ1n) is 14.1. The number of carbonyl (C=O) groups excluding carboxylic acids is 4. The van der Waals surface area contributed by atoms with Gasteiger partial charge in [0.25, 0.3) is 5.91 Å². The molecule has 0 saturated carbocycles. The number of nitrogens with zero attached hydrogens (tertiary/aromatic N) is 3. The van der Waals surface area contributed by atoms with E-state index in [9.17, 15) is 29.4 Å². The Morgan fingerprint density at radius 1 is 1.18 bits per heavy atom. The van der Waals surface area contributed by atoms with E-state index >= 15 is 0 Å². The molecule has 17 heteroatoms. The number of aliphatic imine (C=N–C) groups is 1.